The molecular weight excluding hydrogens is 290 g/mol. The number of benzene rings is 1. The van der Waals surface area contributed by atoms with E-state index in [1.165, 1.54) is 0 Å². The SMILES string of the molecule is CC(C)(C)CC(C)(C)NC(=O)c1ccc(Br)cc1. The molecule has 0 radical (unpaired) electrons. The molecule has 0 fully saturated rings. The first kappa shape index (κ1) is 15.2. The smallest absolute Gasteiger partial charge is 0.251 e. The molecule has 0 unspecified atom stereocenters. The lowest BCUT2D eigenvalue weighted by Crippen LogP contribution is -2.45. The molecule has 0 aliphatic carbocycles. The lowest BCUT2D eigenvalue weighted by atomic mass is 9.81. The Labute approximate surface area is 118 Å². The number of carbonyl (C=O) groups is 1. The van der Waals surface area contributed by atoms with Crippen molar-refractivity contribution in [2.75, 3.05) is 0 Å². The van der Waals surface area contributed by atoms with Gasteiger partial charge < -0.3 is 5.32 Å². The predicted octanol–water partition coefficient (Wildman–Crippen LogP) is 4.39. The highest BCUT2D eigenvalue weighted by molar-refractivity contribution is 9.10. The molecule has 1 N–H and O–H groups in total. The van der Waals surface area contributed by atoms with Gasteiger partial charge in [-0.1, -0.05) is 36.7 Å². The van der Waals surface area contributed by atoms with Crippen LogP contribution in [-0.4, -0.2) is 11.4 Å². The van der Waals surface area contributed by atoms with Crippen molar-refractivity contribution in [3.05, 3.63) is 34.3 Å². The van der Waals surface area contributed by atoms with Gasteiger partial charge in [0.25, 0.3) is 5.91 Å². The van der Waals surface area contributed by atoms with Gasteiger partial charge >= 0.3 is 0 Å². The van der Waals surface area contributed by atoms with E-state index >= 15 is 0 Å². The second-order valence-corrected chi connectivity index (χ2v) is 7.50. The van der Waals surface area contributed by atoms with E-state index in [0.29, 0.717) is 5.56 Å². The molecule has 100 valence electrons. The standard InChI is InChI=1S/C15H22BrNO/c1-14(2,3)10-15(4,5)17-13(18)11-6-8-12(16)9-7-11/h6-9H,10H2,1-5H3,(H,17,18). The van der Waals surface area contributed by atoms with E-state index in [-0.39, 0.29) is 16.9 Å². The fraction of sp³-hybridized carbons (Fsp3) is 0.533. The van der Waals surface area contributed by atoms with Crippen LogP contribution in [0.3, 0.4) is 0 Å². The van der Waals surface area contributed by atoms with Crippen molar-refractivity contribution >= 4 is 21.8 Å². The van der Waals surface area contributed by atoms with E-state index in [9.17, 15) is 4.79 Å². The van der Waals surface area contributed by atoms with E-state index in [4.69, 9.17) is 0 Å². The van der Waals surface area contributed by atoms with Crippen LogP contribution in [0.2, 0.25) is 0 Å². The zero-order chi connectivity index (χ0) is 14.0. The quantitative estimate of drug-likeness (QED) is 0.881. The second kappa shape index (κ2) is 5.43. The topological polar surface area (TPSA) is 29.1 Å². The first-order chi connectivity index (χ1) is 8.09. The summed E-state index contributed by atoms with van der Waals surface area (Å²) < 4.78 is 0.980. The molecule has 1 aromatic carbocycles. The fourth-order valence-corrected chi connectivity index (χ4v) is 2.62. The lowest BCUT2D eigenvalue weighted by Gasteiger charge is -2.33. The number of hydrogen-bond acceptors (Lipinski definition) is 1. The fourth-order valence-electron chi connectivity index (χ4n) is 2.35. The van der Waals surface area contributed by atoms with Crippen LogP contribution in [0, 0.1) is 5.41 Å². The van der Waals surface area contributed by atoms with E-state index in [2.05, 4.69) is 55.9 Å². The van der Waals surface area contributed by atoms with Gasteiger partial charge in [0.2, 0.25) is 0 Å². The number of rotatable bonds is 3. The summed E-state index contributed by atoms with van der Waals surface area (Å²) >= 11 is 3.36. The lowest BCUT2D eigenvalue weighted by molar-refractivity contribution is 0.0891. The summed E-state index contributed by atoms with van der Waals surface area (Å²) in [7, 11) is 0. The summed E-state index contributed by atoms with van der Waals surface area (Å²) in [4.78, 5) is 12.1. The van der Waals surface area contributed by atoms with Crippen LogP contribution >= 0.6 is 15.9 Å². The Morgan fingerprint density at radius 2 is 1.61 bits per heavy atom. The molecule has 1 amide bonds. The van der Waals surface area contributed by atoms with Gasteiger partial charge in [-0.15, -0.1) is 0 Å². The summed E-state index contributed by atoms with van der Waals surface area (Å²) in [5.74, 6) is -0.0169. The normalized spacial score (nSPS) is 12.3. The Morgan fingerprint density at radius 1 is 1.11 bits per heavy atom. The molecule has 1 aromatic rings. The Hall–Kier alpha value is -0.830. The van der Waals surface area contributed by atoms with E-state index in [0.717, 1.165) is 10.9 Å². The average molecular weight is 312 g/mol. The van der Waals surface area contributed by atoms with Gasteiger partial charge in [0.1, 0.15) is 0 Å². The van der Waals surface area contributed by atoms with Crippen LogP contribution in [0.25, 0.3) is 0 Å². The van der Waals surface area contributed by atoms with E-state index in [1.807, 2.05) is 24.3 Å². The number of hydrogen-bond donors (Lipinski definition) is 1. The molecule has 3 heteroatoms. The third kappa shape index (κ3) is 5.21. The minimum absolute atomic E-state index is 0.0169. The summed E-state index contributed by atoms with van der Waals surface area (Å²) in [5, 5.41) is 3.09. The van der Waals surface area contributed by atoms with Crippen molar-refractivity contribution in [3.63, 3.8) is 0 Å². The molecule has 0 aromatic heterocycles. The molecule has 2 nitrogen and oxygen atoms in total. The van der Waals surface area contributed by atoms with Gasteiger partial charge in [-0.3, -0.25) is 4.79 Å². The molecule has 18 heavy (non-hydrogen) atoms. The van der Waals surface area contributed by atoms with Crippen LogP contribution in [0.4, 0.5) is 0 Å². The number of carbonyl (C=O) groups excluding carboxylic acids is 1. The summed E-state index contributed by atoms with van der Waals surface area (Å²) in [6, 6.07) is 7.41. The van der Waals surface area contributed by atoms with Crippen molar-refractivity contribution in [1.29, 1.82) is 0 Å². The summed E-state index contributed by atoms with van der Waals surface area (Å²) in [6.07, 6.45) is 0.933. The van der Waals surface area contributed by atoms with Crippen molar-refractivity contribution in [3.8, 4) is 0 Å². The van der Waals surface area contributed by atoms with Crippen molar-refractivity contribution < 1.29 is 4.79 Å². The van der Waals surface area contributed by atoms with Crippen molar-refractivity contribution in [2.24, 2.45) is 5.41 Å². The van der Waals surface area contributed by atoms with Crippen LogP contribution in [0.5, 0.6) is 0 Å². The molecule has 0 atom stereocenters. The van der Waals surface area contributed by atoms with Crippen LogP contribution in [-0.2, 0) is 0 Å². The first-order valence-electron chi connectivity index (χ1n) is 6.17. The summed E-state index contributed by atoms with van der Waals surface area (Å²) in [6.45, 7) is 10.7. The Bertz CT molecular complexity index is 415. The second-order valence-electron chi connectivity index (χ2n) is 6.58. The molecule has 0 saturated carbocycles. The third-order valence-corrected chi connectivity index (χ3v) is 3.06. The first-order valence-corrected chi connectivity index (χ1v) is 6.96. The maximum Gasteiger partial charge on any atom is 0.251 e. The number of amides is 1. The predicted molar refractivity (Wildman–Crippen MR) is 79.8 cm³/mol. The zero-order valence-electron chi connectivity index (χ0n) is 11.8. The zero-order valence-corrected chi connectivity index (χ0v) is 13.4. The number of halogens is 1. The Kier molecular flexibility index (Phi) is 4.60. The molecule has 0 heterocycles. The largest absolute Gasteiger partial charge is 0.347 e. The molecule has 0 saturated heterocycles. The van der Waals surface area contributed by atoms with Crippen molar-refractivity contribution in [1.82, 2.24) is 5.32 Å². The van der Waals surface area contributed by atoms with Gasteiger partial charge in [-0.25, -0.2) is 0 Å². The van der Waals surface area contributed by atoms with Gasteiger partial charge in [-0.05, 0) is 49.9 Å². The van der Waals surface area contributed by atoms with Crippen molar-refractivity contribution in [2.45, 2.75) is 46.6 Å². The van der Waals surface area contributed by atoms with Gasteiger partial charge in [0.15, 0.2) is 0 Å². The van der Waals surface area contributed by atoms with Gasteiger partial charge in [0.05, 0.1) is 0 Å². The third-order valence-electron chi connectivity index (χ3n) is 2.53. The highest BCUT2D eigenvalue weighted by Gasteiger charge is 2.27. The average Bonchev–Trinajstić information content (AvgIpc) is 2.13. The minimum Gasteiger partial charge on any atom is -0.347 e. The highest BCUT2D eigenvalue weighted by Crippen LogP contribution is 2.27. The van der Waals surface area contributed by atoms with Gasteiger partial charge in [0, 0.05) is 15.6 Å². The van der Waals surface area contributed by atoms with E-state index < -0.39 is 0 Å². The molecule has 0 bridgehead atoms. The maximum absolute atomic E-state index is 12.1. The monoisotopic (exact) mass is 311 g/mol. The molecular formula is C15H22BrNO. The van der Waals surface area contributed by atoms with Crippen LogP contribution in [0.1, 0.15) is 51.4 Å². The molecule has 0 aliphatic heterocycles. The van der Waals surface area contributed by atoms with E-state index in [1.54, 1.807) is 0 Å². The molecule has 0 aliphatic rings. The van der Waals surface area contributed by atoms with Crippen LogP contribution < -0.4 is 5.32 Å². The Balaban J connectivity index is 2.72. The highest BCUT2D eigenvalue weighted by atomic mass is 79.9. The summed E-state index contributed by atoms with van der Waals surface area (Å²) in [5.41, 5.74) is 0.680. The molecule has 1 rings (SSSR count). The van der Waals surface area contributed by atoms with Gasteiger partial charge in [-0.2, -0.15) is 0 Å². The maximum atomic E-state index is 12.1. The molecule has 0 spiro atoms. The Morgan fingerprint density at radius 3 is 2.06 bits per heavy atom. The van der Waals surface area contributed by atoms with Crippen LogP contribution in [0.15, 0.2) is 28.7 Å². The number of nitrogens with one attached hydrogen (secondary N) is 1. The minimum atomic E-state index is -0.206.